The molecule has 0 aliphatic heterocycles. The van der Waals surface area contributed by atoms with Crippen molar-refractivity contribution in [3.05, 3.63) is 58.6 Å². The average molecular weight is 368 g/mol. The first kappa shape index (κ1) is 17.9. The lowest BCUT2D eigenvalue weighted by Gasteiger charge is -2.06. The first-order valence-electron chi connectivity index (χ1n) is 6.65. The number of nitrogens with two attached hydrogens (primary N) is 1. The fourth-order valence-corrected chi connectivity index (χ4v) is 2.97. The first-order chi connectivity index (χ1) is 11.2. The van der Waals surface area contributed by atoms with E-state index >= 15 is 0 Å². The topological polar surface area (TPSA) is 122 Å². The molecule has 0 spiro atoms. The Kier molecular flexibility index (Phi) is 5.23. The summed E-state index contributed by atoms with van der Waals surface area (Å²) in [4.78, 5) is 11.7. The number of hydrogen-bond acceptors (Lipinski definition) is 5. The Bertz CT molecular complexity index is 926. The highest BCUT2D eigenvalue weighted by molar-refractivity contribution is 7.89. The summed E-state index contributed by atoms with van der Waals surface area (Å²) in [7, 11) is -4.05. The quantitative estimate of drug-likeness (QED) is 0.563. The van der Waals surface area contributed by atoms with Crippen molar-refractivity contribution in [3.63, 3.8) is 0 Å². The highest BCUT2D eigenvalue weighted by Gasteiger charge is 2.16. The lowest BCUT2D eigenvalue weighted by Crippen LogP contribution is -2.20. The maximum Gasteiger partial charge on any atom is 0.271 e. The van der Waals surface area contributed by atoms with E-state index in [4.69, 9.17) is 16.7 Å². The van der Waals surface area contributed by atoms with Gasteiger partial charge >= 0.3 is 0 Å². The number of aromatic hydroxyl groups is 1. The number of amides is 1. The molecule has 1 amide bonds. The van der Waals surface area contributed by atoms with E-state index in [1.807, 2.05) is 0 Å². The molecule has 126 valence electrons. The number of carbonyl (C=O) groups excluding carboxylic acids is 1. The van der Waals surface area contributed by atoms with Gasteiger partial charge in [0.05, 0.1) is 10.7 Å². The molecule has 0 aliphatic carbocycles. The molecule has 0 aromatic heterocycles. The number of carbonyl (C=O) groups is 1. The number of para-hydroxylation sites is 1. The SMILES string of the molecule is CC(=NNC(=O)c1ccc(Cl)c(S(N)(=O)=O)c1)c1ccccc1O. The summed E-state index contributed by atoms with van der Waals surface area (Å²) in [5, 5.41) is 18.6. The van der Waals surface area contributed by atoms with Crippen LogP contribution in [0.1, 0.15) is 22.8 Å². The Morgan fingerprint density at radius 2 is 1.92 bits per heavy atom. The fraction of sp³-hybridized carbons (Fsp3) is 0.0667. The van der Waals surface area contributed by atoms with Crippen molar-refractivity contribution in [2.45, 2.75) is 11.8 Å². The van der Waals surface area contributed by atoms with Gasteiger partial charge in [0, 0.05) is 11.1 Å². The summed E-state index contributed by atoms with van der Waals surface area (Å²) >= 11 is 5.76. The molecule has 0 fully saturated rings. The minimum Gasteiger partial charge on any atom is -0.507 e. The smallest absolute Gasteiger partial charge is 0.271 e. The molecular formula is C15H14ClN3O4S. The van der Waals surface area contributed by atoms with Gasteiger partial charge in [-0.15, -0.1) is 0 Å². The molecule has 24 heavy (non-hydrogen) atoms. The molecule has 0 heterocycles. The van der Waals surface area contributed by atoms with Gasteiger partial charge in [-0.05, 0) is 37.3 Å². The lowest BCUT2D eigenvalue weighted by molar-refractivity contribution is 0.0954. The molecule has 0 radical (unpaired) electrons. The third-order valence-corrected chi connectivity index (χ3v) is 4.51. The van der Waals surface area contributed by atoms with E-state index in [9.17, 15) is 18.3 Å². The Hall–Kier alpha value is -2.42. The monoisotopic (exact) mass is 367 g/mol. The molecule has 0 bridgehead atoms. The van der Waals surface area contributed by atoms with Gasteiger partial charge in [-0.3, -0.25) is 4.79 Å². The number of sulfonamides is 1. The van der Waals surface area contributed by atoms with Crippen LogP contribution in [0.5, 0.6) is 5.75 Å². The van der Waals surface area contributed by atoms with Crippen LogP contribution in [0.25, 0.3) is 0 Å². The number of primary sulfonamides is 1. The summed E-state index contributed by atoms with van der Waals surface area (Å²) < 4.78 is 22.8. The van der Waals surface area contributed by atoms with E-state index in [1.54, 1.807) is 25.1 Å². The predicted octanol–water partition coefficient (Wildman–Crippen LogP) is 1.85. The molecule has 0 saturated carbocycles. The zero-order valence-electron chi connectivity index (χ0n) is 12.5. The zero-order chi connectivity index (χ0) is 17.9. The van der Waals surface area contributed by atoms with Crippen molar-refractivity contribution in [2.75, 3.05) is 0 Å². The zero-order valence-corrected chi connectivity index (χ0v) is 14.1. The standard InChI is InChI=1S/C15H14ClN3O4S/c1-9(11-4-2-3-5-13(11)20)18-19-15(21)10-6-7-12(16)14(8-10)24(17,22)23/h2-8,20H,1H3,(H,19,21)(H2,17,22,23). The summed E-state index contributed by atoms with van der Waals surface area (Å²) in [5.74, 6) is -0.623. The molecule has 0 saturated heterocycles. The van der Waals surface area contributed by atoms with Crippen LogP contribution in [0.4, 0.5) is 0 Å². The van der Waals surface area contributed by atoms with Crippen LogP contribution >= 0.6 is 11.6 Å². The third kappa shape index (κ3) is 4.10. The second-order valence-corrected chi connectivity index (χ2v) is 6.78. The predicted molar refractivity (Wildman–Crippen MR) is 90.6 cm³/mol. The molecule has 2 aromatic carbocycles. The van der Waals surface area contributed by atoms with Crippen LogP contribution < -0.4 is 10.6 Å². The van der Waals surface area contributed by atoms with Crippen molar-refractivity contribution in [1.29, 1.82) is 0 Å². The minimum absolute atomic E-state index is 0.0241. The van der Waals surface area contributed by atoms with Gasteiger partial charge in [0.25, 0.3) is 5.91 Å². The number of halogens is 1. The summed E-state index contributed by atoms with van der Waals surface area (Å²) in [5.41, 5.74) is 3.14. The van der Waals surface area contributed by atoms with Gasteiger partial charge < -0.3 is 5.11 Å². The average Bonchev–Trinajstić information content (AvgIpc) is 2.52. The summed E-state index contributed by atoms with van der Waals surface area (Å²) in [6.45, 7) is 1.60. The maximum absolute atomic E-state index is 12.1. The fourth-order valence-electron chi connectivity index (χ4n) is 1.90. The normalized spacial score (nSPS) is 12.0. The number of phenols is 1. The Labute approximate surface area is 143 Å². The van der Waals surface area contributed by atoms with Gasteiger partial charge in [0.15, 0.2) is 0 Å². The Balaban J connectivity index is 2.25. The van der Waals surface area contributed by atoms with Crippen molar-refractivity contribution in [3.8, 4) is 5.75 Å². The van der Waals surface area contributed by atoms with E-state index in [1.165, 1.54) is 18.2 Å². The third-order valence-electron chi connectivity index (χ3n) is 3.12. The van der Waals surface area contributed by atoms with Crippen molar-refractivity contribution < 1.29 is 18.3 Å². The van der Waals surface area contributed by atoms with Crippen LogP contribution in [0.3, 0.4) is 0 Å². The van der Waals surface area contributed by atoms with E-state index in [0.717, 1.165) is 6.07 Å². The molecule has 7 nitrogen and oxygen atoms in total. The second kappa shape index (κ2) is 7.00. The van der Waals surface area contributed by atoms with Crippen molar-refractivity contribution in [1.82, 2.24) is 5.43 Å². The van der Waals surface area contributed by atoms with Crippen LogP contribution in [-0.2, 0) is 10.0 Å². The molecule has 0 unspecified atom stereocenters. The molecule has 9 heteroatoms. The molecular weight excluding hydrogens is 354 g/mol. The second-order valence-electron chi connectivity index (χ2n) is 4.85. The largest absolute Gasteiger partial charge is 0.507 e. The van der Waals surface area contributed by atoms with Crippen molar-refractivity contribution in [2.24, 2.45) is 10.2 Å². The Morgan fingerprint density at radius 1 is 1.25 bits per heavy atom. The number of rotatable bonds is 4. The lowest BCUT2D eigenvalue weighted by atomic mass is 10.1. The summed E-state index contributed by atoms with van der Waals surface area (Å²) in [6, 6.07) is 10.2. The van der Waals surface area contributed by atoms with E-state index in [2.05, 4.69) is 10.5 Å². The Morgan fingerprint density at radius 3 is 2.54 bits per heavy atom. The van der Waals surface area contributed by atoms with Crippen LogP contribution in [0, 0.1) is 0 Å². The molecule has 4 N–H and O–H groups in total. The number of nitrogens with one attached hydrogen (secondary N) is 1. The van der Waals surface area contributed by atoms with Crippen LogP contribution in [-0.4, -0.2) is 25.1 Å². The highest BCUT2D eigenvalue weighted by atomic mass is 35.5. The molecule has 2 rings (SSSR count). The van der Waals surface area contributed by atoms with Crippen LogP contribution in [0.15, 0.2) is 52.5 Å². The van der Waals surface area contributed by atoms with E-state index < -0.39 is 15.9 Å². The molecule has 2 aromatic rings. The number of phenolic OH excluding ortho intramolecular Hbond substituents is 1. The number of hydrazone groups is 1. The minimum atomic E-state index is -4.05. The molecule has 0 atom stereocenters. The van der Waals surface area contributed by atoms with Gasteiger partial charge in [0.1, 0.15) is 10.6 Å². The first-order valence-corrected chi connectivity index (χ1v) is 8.58. The van der Waals surface area contributed by atoms with Crippen molar-refractivity contribution >= 4 is 33.2 Å². The van der Waals surface area contributed by atoms with E-state index in [-0.39, 0.29) is 21.2 Å². The van der Waals surface area contributed by atoms with Crippen LogP contribution in [0.2, 0.25) is 5.02 Å². The van der Waals surface area contributed by atoms with Gasteiger partial charge in [-0.1, -0.05) is 23.7 Å². The summed E-state index contributed by atoms with van der Waals surface area (Å²) in [6.07, 6.45) is 0. The van der Waals surface area contributed by atoms with Gasteiger partial charge in [0.2, 0.25) is 10.0 Å². The number of hydrogen-bond donors (Lipinski definition) is 3. The maximum atomic E-state index is 12.1. The van der Waals surface area contributed by atoms with E-state index in [0.29, 0.717) is 11.3 Å². The van der Waals surface area contributed by atoms with Gasteiger partial charge in [-0.2, -0.15) is 5.10 Å². The highest BCUT2D eigenvalue weighted by Crippen LogP contribution is 2.21. The molecule has 0 aliphatic rings. The van der Waals surface area contributed by atoms with Gasteiger partial charge in [-0.25, -0.2) is 19.0 Å². The number of nitrogens with zero attached hydrogens (tertiary/aromatic N) is 1. The number of benzene rings is 2.